The highest BCUT2D eigenvalue weighted by atomic mass is 19.1. The van der Waals surface area contributed by atoms with E-state index >= 15 is 0 Å². The van der Waals surface area contributed by atoms with E-state index in [4.69, 9.17) is 10.2 Å². The van der Waals surface area contributed by atoms with Gasteiger partial charge in [0.05, 0.1) is 17.3 Å². The minimum absolute atomic E-state index is 0.278. The van der Waals surface area contributed by atoms with Gasteiger partial charge in [0.1, 0.15) is 35.6 Å². The van der Waals surface area contributed by atoms with Crippen LogP contribution in [-0.2, 0) is 0 Å². The zero-order valence-corrected chi connectivity index (χ0v) is 15.6. The molecule has 1 atom stereocenters. The Bertz CT molecular complexity index is 1220. The number of aromatic nitrogens is 4. The maximum Gasteiger partial charge on any atom is 0.232 e. The van der Waals surface area contributed by atoms with Gasteiger partial charge in [0.2, 0.25) is 5.89 Å². The number of oxazole rings is 1. The summed E-state index contributed by atoms with van der Waals surface area (Å²) in [6, 6.07) is 5.08. The van der Waals surface area contributed by atoms with Crippen molar-refractivity contribution in [3.05, 3.63) is 59.7 Å². The second kappa shape index (κ2) is 6.54. The molecule has 9 heteroatoms. The predicted molar refractivity (Wildman–Crippen MR) is 103 cm³/mol. The Hall–Kier alpha value is -3.49. The van der Waals surface area contributed by atoms with E-state index < -0.39 is 11.6 Å². The molecule has 4 heterocycles. The summed E-state index contributed by atoms with van der Waals surface area (Å²) < 4.78 is 35.2. The van der Waals surface area contributed by atoms with Gasteiger partial charge in [0, 0.05) is 18.2 Å². The molecule has 0 amide bonds. The third-order valence-electron chi connectivity index (χ3n) is 5.24. The molecule has 0 spiro atoms. The summed E-state index contributed by atoms with van der Waals surface area (Å²) in [5, 5.41) is 4.27. The number of halogens is 2. The topological polar surface area (TPSA) is 85.5 Å². The van der Waals surface area contributed by atoms with Crippen LogP contribution >= 0.6 is 0 Å². The van der Waals surface area contributed by atoms with Gasteiger partial charge in [-0.1, -0.05) is 0 Å². The Balaban J connectivity index is 1.60. The number of aryl methyl sites for hydroxylation is 1. The van der Waals surface area contributed by atoms with Crippen molar-refractivity contribution < 1.29 is 13.2 Å². The van der Waals surface area contributed by atoms with Gasteiger partial charge in [-0.3, -0.25) is 0 Å². The van der Waals surface area contributed by atoms with Gasteiger partial charge in [0.25, 0.3) is 0 Å². The first-order valence-corrected chi connectivity index (χ1v) is 9.29. The third kappa shape index (κ3) is 2.89. The van der Waals surface area contributed by atoms with Crippen LogP contribution in [-0.4, -0.2) is 26.1 Å². The summed E-state index contributed by atoms with van der Waals surface area (Å²) in [6.07, 6.45) is 4.66. The molecule has 1 saturated heterocycles. The number of nitrogens with zero attached hydrogens (tertiary/aromatic N) is 5. The van der Waals surface area contributed by atoms with Crippen molar-refractivity contribution in [3.63, 3.8) is 0 Å². The lowest BCUT2D eigenvalue weighted by Crippen LogP contribution is -2.24. The summed E-state index contributed by atoms with van der Waals surface area (Å²) in [5.74, 6) is 0.407. The van der Waals surface area contributed by atoms with E-state index in [0.29, 0.717) is 41.3 Å². The van der Waals surface area contributed by atoms with Gasteiger partial charge >= 0.3 is 0 Å². The monoisotopic (exact) mass is 396 g/mol. The van der Waals surface area contributed by atoms with Crippen LogP contribution in [0.1, 0.15) is 30.1 Å². The fraction of sp³-hybridized carbons (Fsp3) is 0.250. The van der Waals surface area contributed by atoms with Crippen LogP contribution in [0.2, 0.25) is 0 Å². The Morgan fingerprint density at radius 2 is 2.10 bits per heavy atom. The van der Waals surface area contributed by atoms with Crippen molar-refractivity contribution in [3.8, 4) is 11.5 Å². The van der Waals surface area contributed by atoms with Gasteiger partial charge in [0.15, 0.2) is 5.82 Å². The van der Waals surface area contributed by atoms with Crippen molar-refractivity contribution in [1.29, 1.82) is 0 Å². The molecule has 7 nitrogen and oxygen atoms in total. The second-order valence-electron chi connectivity index (χ2n) is 7.15. The normalized spacial score (nSPS) is 16.8. The highest BCUT2D eigenvalue weighted by Crippen LogP contribution is 2.38. The molecule has 2 N–H and O–H groups in total. The highest BCUT2D eigenvalue weighted by molar-refractivity contribution is 5.85. The highest BCUT2D eigenvalue weighted by Gasteiger charge is 2.30. The fourth-order valence-electron chi connectivity index (χ4n) is 3.94. The maximum absolute atomic E-state index is 14.4. The number of anilines is 2. The van der Waals surface area contributed by atoms with E-state index in [1.165, 1.54) is 12.1 Å². The largest absolute Gasteiger partial charge is 0.444 e. The number of hydrogen-bond acceptors (Lipinski definition) is 6. The standard InChI is InChI=1S/C20H18F2N6O/c1-11-9-29-20(25-11)18-16-8-17(24-10-28(16)26-19(18)23)27-6-2-3-15(27)13-7-12(21)4-5-14(13)22/h4-5,7-10,15H,2-3,6H2,1H3,(H2,23,26). The predicted octanol–water partition coefficient (Wildman–Crippen LogP) is 3.89. The van der Waals surface area contributed by atoms with Crippen molar-refractivity contribution in [1.82, 2.24) is 19.6 Å². The average Bonchev–Trinajstić information content (AvgIpc) is 3.41. The third-order valence-corrected chi connectivity index (χ3v) is 5.24. The first kappa shape index (κ1) is 17.6. The minimum Gasteiger partial charge on any atom is -0.444 e. The average molecular weight is 396 g/mol. The molecular formula is C20H18F2N6O. The van der Waals surface area contributed by atoms with Crippen molar-refractivity contribution in [2.45, 2.75) is 25.8 Å². The molecule has 1 unspecified atom stereocenters. The van der Waals surface area contributed by atoms with Crippen LogP contribution < -0.4 is 10.6 Å². The fourth-order valence-corrected chi connectivity index (χ4v) is 3.94. The van der Waals surface area contributed by atoms with E-state index in [0.717, 1.165) is 18.2 Å². The Morgan fingerprint density at radius 3 is 2.90 bits per heavy atom. The Labute approximate surface area is 164 Å². The first-order chi connectivity index (χ1) is 14.0. The van der Waals surface area contributed by atoms with E-state index in [1.54, 1.807) is 17.1 Å². The molecule has 0 aliphatic carbocycles. The molecule has 0 bridgehead atoms. The van der Waals surface area contributed by atoms with Gasteiger partial charge in [-0.05, 0) is 38.0 Å². The molecule has 0 radical (unpaired) electrons. The quantitative estimate of drug-likeness (QED) is 0.565. The summed E-state index contributed by atoms with van der Waals surface area (Å²) in [5.41, 5.74) is 8.41. The number of hydrogen-bond donors (Lipinski definition) is 1. The van der Waals surface area contributed by atoms with Gasteiger partial charge in [-0.15, -0.1) is 5.10 Å². The van der Waals surface area contributed by atoms with Gasteiger partial charge < -0.3 is 15.1 Å². The summed E-state index contributed by atoms with van der Waals surface area (Å²) in [4.78, 5) is 10.8. The Kier molecular flexibility index (Phi) is 3.97. The van der Waals surface area contributed by atoms with Crippen LogP contribution in [0.4, 0.5) is 20.4 Å². The van der Waals surface area contributed by atoms with Crippen molar-refractivity contribution >= 4 is 17.2 Å². The number of benzene rings is 1. The van der Waals surface area contributed by atoms with Crippen LogP contribution in [0.3, 0.4) is 0 Å². The molecule has 0 saturated carbocycles. The SMILES string of the molecule is Cc1coc(-c2c(N)nn3cnc(N4CCCC4c4cc(F)ccc4F)cc23)n1. The molecule has 1 fully saturated rings. The number of rotatable bonds is 3. The number of nitrogens with two attached hydrogens (primary N) is 1. The minimum atomic E-state index is -0.457. The van der Waals surface area contributed by atoms with Crippen LogP contribution in [0.15, 0.2) is 41.3 Å². The van der Waals surface area contributed by atoms with E-state index in [2.05, 4.69) is 15.1 Å². The smallest absolute Gasteiger partial charge is 0.232 e. The lowest BCUT2D eigenvalue weighted by molar-refractivity contribution is 0.560. The Morgan fingerprint density at radius 1 is 1.24 bits per heavy atom. The number of nitrogen functional groups attached to an aromatic ring is 1. The lowest BCUT2D eigenvalue weighted by Gasteiger charge is -2.26. The molecule has 148 valence electrons. The second-order valence-corrected chi connectivity index (χ2v) is 7.15. The summed E-state index contributed by atoms with van der Waals surface area (Å²) in [6.45, 7) is 2.51. The maximum atomic E-state index is 14.4. The zero-order valence-electron chi connectivity index (χ0n) is 15.6. The van der Waals surface area contributed by atoms with Gasteiger partial charge in [-0.25, -0.2) is 23.3 Å². The zero-order chi connectivity index (χ0) is 20.1. The molecular weight excluding hydrogens is 378 g/mol. The summed E-state index contributed by atoms with van der Waals surface area (Å²) in [7, 11) is 0. The lowest BCUT2D eigenvalue weighted by atomic mass is 10.0. The van der Waals surface area contributed by atoms with E-state index in [1.807, 2.05) is 17.9 Å². The summed E-state index contributed by atoms with van der Waals surface area (Å²) >= 11 is 0. The first-order valence-electron chi connectivity index (χ1n) is 9.29. The molecule has 1 aliphatic rings. The van der Waals surface area contributed by atoms with Crippen LogP contribution in [0.25, 0.3) is 17.0 Å². The van der Waals surface area contributed by atoms with Crippen molar-refractivity contribution in [2.24, 2.45) is 0 Å². The molecule has 4 aromatic rings. The van der Waals surface area contributed by atoms with Crippen LogP contribution in [0, 0.1) is 18.6 Å². The molecule has 3 aromatic heterocycles. The van der Waals surface area contributed by atoms with Crippen molar-refractivity contribution in [2.75, 3.05) is 17.2 Å². The molecule has 1 aromatic carbocycles. The van der Waals surface area contributed by atoms with E-state index in [-0.39, 0.29) is 11.9 Å². The molecule has 1 aliphatic heterocycles. The van der Waals surface area contributed by atoms with E-state index in [9.17, 15) is 8.78 Å². The molecule has 5 rings (SSSR count). The van der Waals surface area contributed by atoms with Crippen LogP contribution in [0.5, 0.6) is 0 Å². The molecule has 29 heavy (non-hydrogen) atoms. The number of fused-ring (bicyclic) bond motifs is 1. The van der Waals surface area contributed by atoms with Gasteiger partial charge in [-0.2, -0.15) is 0 Å².